The third-order valence-corrected chi connectivity index (χ3v) is 3.29. The first-order chi connectivity index (χ1) is 8.65. The molecule has 0 aliphatic carbocycles. The fraction of sp³-hybridized carbons (Fsp3) is 0.250. The van der Waals surface area contributed by atoms with Gasteiger partial charge in [0, 0.05) is 6.42 Å². The minimum Gasteiger partial charge on any atom is -0.299 e. The molecule has 0 saturated carbocycles. The average Bonchev–Trinajstić information content (AvgIpc) is 2.77. The van der Waals surface area contributed by atoms with Crippen LogP contribution in [0.25, 0.3) is 0 Å². The maximum atomic E-state index is 11.4. The molecule has 0 fully saturated rings. The molecule has 1 N–H and O–H groups in total. The number of anilines is 1. The summed E-state index contributed by atoms with van der Waals surface area (Å²) in [4.78, 5) is 11.4. The first-order valence-corrected chi connectivity index (χ1v) is 6.71. The van der Waals surface area contributed by atoms with Gasteiger partial charge < -0.3 is 0 Å². The van der Waals surface area contributed by atoms with Crippen molar-refractivity contribution in [3.8, 4) is 0 Å². The molecule has 0 unspecified atom stereocenters. The van der Waals surface area contributed by atoms with E-state index in [4.69, 9.17) is 11.6 Å². The molecular weight excluding hydrogens is 270 g/mol. The molecule has 1 heterocycles. The van der Waals surface area contributed by atoms with Crippen molar-refractivity contribution in [3.05, 3.63) is 40.9 Å². The first kappa shape index (κ1) is 13.0. The topological polar surface area (TPSA) is 54.9 Å². The molecule has 1 aromatic heterocycles. The van der Waals surface area contributed by atoms with Crippen LogP contribution in [0.5, 0.6) is 0 Å². The normalized spacial score (nSPS) is 12.1. The van der Waals surface area contributed by atoms with Crippen molar-refractivity contribution in [3.63, 3.8) is 0 Å². The largest absolute Gasteiger partial charge is 0.299 e. The van der Waals surface area contributed by atoms with Crippen LogP contribution in [0.2, 0.25) is 0 Å². The van der Waals surface area contributed by atoms with E-state index in [0.717, 1.165) is 10.6 Å². The van der Waals surface area contributed by atoms with Gasteiger partial charge in [-0.1, -0.05) is 41.7 Å². The number of nitrogens with one attached hydrogen (secondary N) is 1. The lowest BCUT2D eigenvalue weighted by Crippen LogP contribution is -2.20. The Bertz CT molecular complexity index is 527. The van der Waals surface area contributed by atoms with E-state index >= 15 is 0 Å². The number of hydrogen-bond acceptors (Lipinski definition) is 4. The van der Waals surface area contributed by atoms with Gasteiger partial charge in [-0.2, -0.15) is 0 Å². The van der Waals surface area contributed by atoms with E-state index in [1.54, 1.807) is 6.92 Å². The average molecular weight is 282 g/mol. The number of carbonyl (C=O) groups excluding carboxylic acids is 1. The van der Waals surface area contributed by atoms with Crippen LogP contribution in [-0.2, 0) is 11.2 Å². The van der Waals surface area contributed by atoms with Crippen LogP contribution in [0.1, 0.15) is 17.5 Å². The number of alkyl halides is 1. The first-order valence-electron chi connectivity index (χ1n) is 5.46. The second kappa shape index (κ2) is 5.93. The van der Waals surface area contributed by atoms with Gasteiger partial charge in [0.1, 0.15) is 10.4 Å². The zero-order chi connectivity index (χ0) is 13.0. The number of benzene rings is 1. The van der Waals surface area contributed by atoms with E-state index in [2.05, 4.69) is 15.5 Å². The molecule has 0 spiro atoms. The molecule has 0 aliphatic rings. The van der Waals surface area contributed by atoms with E-state index in [0.29, 0.717) is 11.6 Å². The number of rotatable bonds is 4. The summed E-state index contributed by atoms with van der Waals surface area (Å²) in [6, 6.07) is 9.99. The Morgan fingerprint density at radius 3 is 2.78 bits per heavy atom. The highest BCUT2D eigenvalue weighted by atomic mass is 35.5. The Balaban J connectivity index is 2.00. The van der Waals surface area contributed by atoms with Crippen LogP contribution < -0.4 is 5.32 Å². The molecule has 2 aromatic rings. The summed E-state index contributed by atoms with van der Waals surface area (Å²) >= 11 is 7.02. The number of nitrogens with zero attached hydrogens (tertiary/aromatic N) is 2. The third kappa shape index (κ3) is 3.51. The third-order valence-electron chi connectivity index (χ3n) is 2.26. The van der Waals surface area contributed by atoms with Gasteiger partial charge in [0.15, 0.2) is 0 Å². The minimum absolute atomic E-state index is 0.265. The Kier molecular flexibility index (Phi) is 4.28. The Labute approximate surface area is 114 Å². The number of amides is 1. The maximum Gasteiger partial charge on any atom is 0.243 e. The van der Waals surface area contributed by atoms with Crippen LogP contribution in [0.3, 0.4) is 0 Å². The Hall–Kier alpha value is -1.46. The molecule has 0 bridgehead atoms. The smallest absolute Gasteiger partial charge is 0.243 e. The maximum absolute atomic E-state index is 11.4. The monoisotopic (exact) mass is 281 g/mol. The number of hydrogen-bond donors (Lipinski definition) is 1. The van der Waals surface area contributed by atoms with Gasteiger partial charge in [-0.25, -0.2) is 0 Å². The van der Waals surface area contributed by atoms with Gasteiger partial charge in [0.05, 0.1) is 0 Å². The molecule has 1 amide bonds. The predicted molar refractivity (Wildman–Crippen MR) is 73.1 cm³/mol. The summed E-state index contributed by atoms with van der Waals surface area (Å²) < 4.78 is 0. The molecule has 2 rings (SSSR count). The van der Waals surface area contributed by atoms with Crippen molar-refractivity contribution in [2.75, 3.05) is 5.32 Å². The molecule has 0 radical (unpaired) electrons. The van der Waals surface area contributed by atoms with E-state index in [1.807, 2.05) is 30.3 Å². The molecule has 18 heavy (non-hydrogen) atoms. The quantitative estimate of drug-likeness (QED) is 0.877. The highest BCUT2D eigenvalue weighted by molar-refractivity contribution is 7.15. The van der Waals surface area contributed by atoms with E-state index in [-0.39, 0.29) is 5.91 Å². The molecule has 1 atom stereocenters. The van der Waals surface area contributed by atoms with Crippen molar-refractivity contribution in [2.45, 2.75) is 18.7 Å². The van der Waals surface area contributed by atoms with Crippen molar-refractivity contribution in [2.24, 2.45) is 0 Å². The summed E-state index contributed by atoms with van der Waals surface area (Å²) in [6.45, 7) is 1.61. The van der Waals surface area contributed by atoms with Crippen molar-refractivity contribution in [1.29, 1.82) is 0 Å². The molecule has 1 aromatic carbocycles. The van der Waals surface area contributed by atoms with E-state index < -0.39 is 5.38 Å². The zero-order valence-corrected chi connectivity index (χ0v) is 11.3. The van der Waals surface area contributed by atoms with Crippen LogP contribution in [0.15, 0.2) is 30.3 Å². The zero-order valence-electron chi connectivity index (χ0n) is 9.76. The fourth-order valence-corrected chi connectivity index (χ4v) is 2.18. The lowest BCUT2D eigenvalue weighted by molar-refractivity contribution is -0.115. The van der Waals surface area contributed by atoms with Crippen LogP contribution in [0, 0.1) is 0 Å². The van der Waals surface area contributed by atoms with Gasteiger partial charge in [-0.05, 0) is 12.5 Å². The van der Waals surface area contributed by atoms with Gasteiger partial charge in [-0.15, -0.1) is 21.8 Å². The summed E-state index contributed by atoms with van der Waals surface area (Å²) in [6.07, 6.45) is 0.713. The summed E-state index contributed by atoms with van der Waals surface area (Å²) in [5, 5.41) is 11.3. The molecule has 6 heteroatoms. The van der Waals surface area contributed by atoms with Crippen molar-refractivity contribution in [1.82, 2.24) is 10.2 Å². The van der Waals surface area contributed by atoms with Gasteiger partial charge >= 0.3 is 0 Å². The SMILES string of the molecule is C[C@H](Cl)C(=O)Nc1nnc(Cc2ccccc2)s1. The lowest BCUT2D eigenvalue weighted by atomic mass is 10.2. The molecule has 4 nitrogen and oxygen atoms in total. The molecular formula is C12H12ClN3OS. The van der Waals surface area contributed by atoms with Crippen LogP contribution >= 0.6 is 22.9 Å². The number of halogens is 1. The number of carbonyl (C=O) groups is 1. The summed E-state index contributed by atoms with van der Waals surface area (Å²) in [5.41, 5.74) is 1.16. The Morgan fingerprint density at radius 1 is 1.39 bits per heavy atom. The predicted octanol–water partition coefficient (Wildman–Crippen LogP) is 2.69. The summed E-state index contributed by atoms with van der Waals surface area (Å²) in [5.74, 6) is -0.265. The Morgan fingerprint density at radius 2 is 2.11 bits per heavy atom. The van der Waals surface area contributed by atoms with Crippen molar-refractivity contribution < 1.29 is 4.79 Å². The van der Waals surface area contributed by atoms with Crippen molar-refractivity contribution >= 4 is 34.0 Å². The van der Waals surface area contributed by atoms with Crippen LogP contribution in [0.4, 0.5) is 5.13 Å². The second-order valence-corrected chi connectivity index (χ2v) is 5.49. The standard InChI is InChI=1S/C12H12ClN3OS/c1-8(13)11(17)14-12-16-15-10(18-12)7-9-5-3-2-4-6-9/h2-6,8H,7H2,1H3,(H,14,16,17)/t8-/m0/s1. The molecule has 94 valence electrons. The second-order valence-electron chi connectivity index (χ2n) is 3.77. The van der Waals surface area contributed by atoms with Gasteiger partial charge in [-0.3, -0.25) is 10.1 Å². The summed E-state index contributed by atoms with van der Waals surface area (Å²) in [7, 11) is 0. The van der Waals surface area contributed by atoms with E-state index in [1.165, 1.54) is 11.3 Å². The highest BCUT2D eigenvalue weighted by Gasteiger charge is 2.12. The lowest BCUT2D eigenvalue weighted by Gasteiger charge is -2.00. The number of aromatic nitrogens is 2. The van der Waals surface area contributed by atoms with Crippen LogP contribution in [-0.4, -0.2) is 21.5 Å². The molecule has 0 saturated heterocycles. The highest BCUT2D eigenvalue weighted by Crippen LogP contribution is 2.18. The fourth-order valence-electron chi connectivity index (χ4n) is 1.35. The van der Waals surface area contributed by atoms with Gasteiger partial charge in [0.25, 0.3) is 0 Å². The van der Waals surface area contributed by atoms with E-state index in [9.17, 15) is 4.79 Å². The molecule has 0 aliphatic heterocycles. The minimum atomic E-state index is -0.577. The van der Waals surface area contributed by atoms with Gasteiger partial charge in [0.2, 0.25) is 11.0 Å².